The molecule has 0 radical (unpaired) electrons. The van der Waals surface area contributed by atoms with E-state index in [9.17, 15) is 17.9 Å². The van der Waals surface area contributed by atoms with Crippen LogP contribution in [0.5, 0.6) is 0 Å². The van der Waals surface area contributed by atoms with Crippen LogP contribution in [0.1, 0.15) is 12.0 Å². The quantitative estimate of drug-likeness (QED) is 0.848. The number of aliphatic hydroxyl groups excluding tert-OH is 1. The molecule has 1 aromatic carbocycles. The summed E-state index contributed by atoms with van der Waals surface area (Å²) in [6.07, 6.45) is 0.560. The van der Waals surface area contributed by atoms with Crippen LogP contribution in [0.4, 0.5) is 4.39 Å². The number of aliphatic hydroxyl groups is 1. The minimum Gasteiger partial charge on any atom is -0.393 e. The molecule has 0 spiro atoms. The van der Waals surface area contributed by atoms with Crippen molar-refractivity contribution < 1.29 is 17.9 Å². The summed E-state index contributed by atoms with van der Waals surface area (Å²) in [6, 6.07) is 6.15. The first kappa shape index (κ1) is 13.1. The van der Waals surface area contributed by atoms with Gasteiger partial charge in [0.25, 0.3) is 0 Å². The van der Waals surface area contributed by atoms with Crippen LogP contribution in [-0.4, -0.2) is 31.6 Å². The minimum absolute atomic E-state index is 0.0807. The highest BCUT2D eigenvalue weighted by molar-refractivity contribution is 7.90. The molecule has 0 bridgehead atoms. The molecule has 3 nitrogen and oxygen atoms in total. The van der Waals surface area contributed by atoms with Crippen LogP contribution in [-0.2, 0) is 16.3 Å². The summed E-state index contributed by atoms with van der Waals surface area (Å²) in [5.74, 6) is -0.455. The smallest absolute Gasteiger partial charge is 0.147 e. The molecular weight excluding hydrogens is 231 g/mol. The predicted octanol–water partition coefficient (Wildman–Crippen LogP) is 1.16. The van der Waals surface area contributed by atoms with Crippen LogP contribution < -0.4 is 0 Å². The van der Waals surface area contributed by atoms with Gasteiger partial charge < -0.3 is 5.11 Å². The van der Waals surface area contributed by atoms with Crippen molar-refractivity contribution in [2.45, 2.75) is 18.9 Å². The zero-order valence-electron chi connectivity index (χ0n) is 9.06. The molecule has 1 rings (SSSR count). The molecule has 0 aliphatic carbocycles. The van der Waals surface area contributed by atoms with E-state index >= 15 is 0 Å². The molecule has 16 heavy (non-hydrogen) atoms. The molecule has 90 valence electrons. The minimum atomic E-state index is -3.08. The van der Waals surface area contributed by atoms with Crippen molar-refractivity contribution in [2.75, 3.05) is 12.0 Å². The Morgan fingerprint density at radius 2 is 2.00 bits per heavy atom. The zero-order chi connectivity index (χ0) is 12.2. The second kappa shape index (κ2) is 5.41. The van der Waals surface area contributed by atoms with Gasteiger partial charge in [-0.1, -0.05) is 18.2 Å². The third-order valence-corrected chi connectivity index (χ3v) is 3.21. The second-order valence-electron chi connectivity index (χ2n) is 3.87. The van der Waals surface area contributed by atoms with Crippen LogP contribution in [0.15, 0.2) is 24.3 Å². The lowest BCUT2D eigenvalue weighted by atomic mass is 10.1. The van der Waals surface area contributed by atoms with Crippen molar-refractivity contribution in [3.05, 3.63) is 35.6 Å². The Bertz CT molecular complexity index is 442. The molecule has 0 heterocycles. The summed E-state index contributed by atoms with van der Waals surface area (Å²) in [5, 5.41) is 9.56. The summed E-state index contributed by atoms with van der Waals surface area (Å²) in [7, 11) is -3.08. The van der Waals surface area contributed by atoms with Gasteiger partial charge in [0.1, 0.15) is 15.7 Å². The molecular formula is C11H15FO3S. The fraction of sp³-hybridized carbons (Fsp3) is 0.455. The lowest BCUT2D eigenvalue weighted by molar-refractivity contribution is 0.170. The summed E-state index contributed by atoms with van der Waals surface area (Å²) in [6.45, 7) is 0. The Kier molecular flexibility index (Phi) is 4.44. The molecule has 0 saturated carbocycles. The maximum Gasteiger partial charge on any atom is 0.147 e. The van der Waals surface area contributed by atoms with Crippen molar-refractivity contribution in [3.63, 3.8) is 0 Å². The van der Waals surface area contributed by atoms with Crippen LogP contribution in [0.3, 0.4) is 0 Å². The number of halogens is 1. The van der Waals surface area contributed by atoms with E-state index in [0.29, 0.717) is 5.56 Å². The van der Waals surface area contributed by atoms with E-state index in [4.69, 9.17) is 0 Å². The van der Waals surface area contributed by atoms with Gasteiger partial charge in [-0.15, -0.1) is 0 Å². The van der Waals surface area contributed by atoms with Crippen molar-refractivity contribution in [2.24, 2.45) is 0 Å². The van der Waals surface area contributed by atoms with Gasteiger partial charge in [-0.3, -0.25) is 0 Å². The van der Waals surface area contributed by atoms with Crippen molar-refractivity contribution in [1.29, 1.82) is 0 Å². The molecule has 0 aliphatic heterocycles. The van der Waals surface area contributed by atoms with Crippen LogP contribution in [0.2, 0.25) is 0 Å². The van der Waals surface area contributed by atoms with Gasteiger partial charge in [-0.2, -0.15) is 0 Å². The van der Waals surface area contributed by atoms with Gasteiger partial charge in [-0.05, 0) is 18.1 Å². The molecule has 5 heteroatoms. The summed E-state index contributed by atoms with van der Waals surface area (Å²) >= 11 is 0. The third kappa shape index (κ3) is 4.72. The lowest BCUT2D eigenvalue weighted by Gasteiger charge is -2.10. The molecule has 1 N–H and O–H groups in total. The average molecular weight is 246 g/mol. The first-order valence-electron chi connectivity index (χ1n) is 4.97. The number of sulfone groups is 1. The SMILES string of the molecule is CS(=O)(=O)CCC(O)Cc1ccccc1F. The van der Waals surface area contributed by atoms with Crippen molar-refractivity contribution >= 4 is 9.84 Å². The largest absolute Gasteiger partial charge is 0.393 e. The standard InChI is InChI=1S/C11H15FO3S/c1-16(14,15)7-6-10(13)8-9-4-2-3-5-11(9)12/h2-5,10,13H,6-8H2,1H3. The van der Waals surface area contributed by atoms with Crippen molar-refractivity contribution in [1.82, 2.24) is 0 Å². The fourth-order valence-electron chi connectivity index (χ4n) is 1.37. The summed E-state index contributed by atoms with van der Waals surface area (Å²) in [5.41, 5.74) is 0.406. The Hall–Kier alpha value is -0.940. The summed E-state index contributed by atoms with van der Waals surface area (Å²) < 4.78 is 34.9. The second-order valence-corrected chi connectivity index (χ2v) is 6.13. The Labute approximate surface area is 94.8 Å². The number of rotatable bonds is 5. The first-order chi connectivity index (χ1) is 7.38. The van der Waals surface area contributed by atoms with E-state index in [1.54, 1.807) is 18.2 Å². The van der Waals surface area contributed by atoms with Gasteiger partial charge >= 0.3 is 0 Å². The monoisotopic (exact) mass is 246 g/mol. The first-order valence-corrected chi connectivity index (χ1v) is 7.04. The van der Waals surface area contributed by atoms with Gasteiger partial charge in [0, 0.05) is 12.7 Å². The van der Waals surface area contributed by atoms with Gasteiger partial charge in [0.15, 0.2) is 0 Å². The van der Waals surface area contributed by atoms with Gasteiger partial charge in [0.2, 0.25) is 0 Å². The van der Waals surface area contributed by atoms with E-state index in [1.807, 2.05) is 0 Å². The zero-order valence-corrected chi connectivity index (χ0v) is 9.87. The molecule has 1 atom stereocenters. The van der Waals surface area contributed by atoms with Gasteiger partial charge in [-0.25, -0.2) is 12.8 Å². The third-order valence-electron chi connectivity index (χ3n) is 2.24. The van der Waals surface area contributed by atoms with E-state index in [1.165, 1.54) is 6.07 Å². The highest BCUT2D eigenvalue weighted by atomic mass is 32.2. The number of hydrogen-bond donors (Lipinski definition) is 1. The highest BCUT2D eigenvalue weighted by Crippen LogP contribution is 2.11. The maximum absolute atomic E-state index is 13.2. The summed E-state index contributed by atoms with van der Waals surface area (Å²) in [4.78, 5) is 0. The number of benzene rings is 1. The molecule has 0 fully saturated rings. The highest BCUT2D eigenvalue weighted by Gasteiger charge is 2.11. The van der Waals surface area contributed by atoms with E-state index in [0.717, 1.165) is 6.26 Å². The average Bonchev–Trinajstić information content (AvgIpc) is 2.18. The maximum atomic E-state index is 13.2. The lowest BCUT2D eigenvalue weighted by Crippen LogP contribution is -2.16. The van der Waals surface area contributed by atoms with E-state index < -0.39 is 15.9 Å². The number of hydrogen-bond acceptors (Lipinski definition) is 3. The predicted molar refractivity (Wildman–Crippen MR) is 60.4 cm³/mol. The molecule has 0 amide bonds. The van der Waals surface area contributed by atoms with Gasteiger partial charge in [0.05, 0.1) is 11.9 Å². The molecule has 0 aromatic heterocycles. The van der Waals surface area contributed by atoms with E-state index in [-0.39, 0.29) is 24.4 Å². The van der Waals surface area contributed by atoms with Crippen molar-refractivity contribution in [3.8, 4) is 0 Å². The topological polar surface area (TPSA) is 54.4 Å². The Balaban J connectivity index is 2.52. The Morgan fingerprint density at radius 1 is 1.38 bits per heavy atom. The normalized spacial score (nSPS) is 13.7. The molecule has 1 aromatic rings. The van der Waals surface area contributed by atoms with Crippen LogP contribution in [0, 0.1) is 5.82 Å². The Morgan fingerprint density at radius 3 is 2.56 bits per heavy atom. The van der Waals surface area contributed by atoms with Crippen LogP contribution in [0.25, 0.3) is 0 Å². The van der Waals surface area contributed by atoms with Crippen LogP contribution >= 0.6 is 0 Å². The molecule has 0 saturated heterocycles. The fourth-order valence-corrected chi connectivity index (χ4v) is 2.07. The molecule has 0 aliphatic rings. The van der Waals surface area contributed by atoms with E-state index in [2.05, 4.69) is 0 Å². The molecule has 1 unspecified atom stereocenters.